The van der Waals surface area contributed by atoms with Crippen LogP contribution in [0, 0.1) is 11.8 Å². The van der Waals surface area contributed by atoms with Crippen LogP contribution in [0.2, 0.25) is 0 Å². The number of nitrogens with zero attached hydrogens (tertiary/aromatic N) is 1. The summed E-state index contributed by atoms with van der Waals surface area (Å²) >= 11 is 0. The number of aromatic nitrogens is 1. The number of allylic oxidation sites excluding steroid dienone is 11. The van der Waals surface area contributed by atoms with Gasteiger partial charge in [-0.3, -0.25) is 0 Å². The zero-order chi connectivity index (χ0) is 29.0. The van der Waals surface area contributed by atoms with Crippen molar-refractivity contribution in [2.24, 2.45) is 11.8 Å². The Bertz CT molecular complexity index is 2120. The Balaban J connectivity index is 1.16. The first-order chi connectivity index (χ1) is 21.8. The van der Waals surface area contributed by atoms with E-state index in [2.05, 4.69) is 126 Å². The van der Waals surface area contributed by atoms with Gasteiger partial charge >= 0.3 is 0 Å². The SMILES string of the molecule is C1=CCC(C2C=C(C3=CCCC=C3)CC(n3c4ccccc4c4cc(-c5ccc6oc7c(c6c5)CCC=C7)ccc43)C2)C=C1. The van der Waals surface area contributed by atoms with Crippen LogP contribution in [-0.4, -0.2) is 4.57 Å². The fraction of sp³-hybridized carbons (Fsp3) is 0.238. The van der Waals surface area contributed by atoms with E-state index in [-0.39, 0.29) is 0 Å². The lowest BCUT2D eigenvalue weighted by Gasteiger charge is -2.35. The van der Waals surface area contributed by atoms with E-state index in [1.807, 2.05) is 0 Å². The molecular weight excluding hydrogens is 534 g/mol. The first-order valence-corrected chi connectivity index (χ1v) is 16.5. The molecule has 3 unspecified atom stereocenters. The summed E-state index contributed by atoms with van der Waals surface area (Å²) in [5.41, 5.74) is 10.5. The molecule has 3 atom stereocenters. The van der Waals surface area contributed by atoms with E-state index < -0.39 is 0 Å². The third-order valence-electron chi connectivity index (χ3n) is 10.4. The molecular formula is C42H37NO. The van der Waals surface area contributed by atoms with Crippen LogP contribution in [0.5, 0.6) is 0 Å². The fourth-order valence-electron chi connectivity index (χ4n) is 8.26. The second-order valence-electron chi connectivity index (χ2n) is 13.0. The quantitative estimate of drug-likeness (QED) is 0.210. The minimum absolute atomic E-state index is 0.408. The van der Waals surface area contributed by atoms with Crippen molar-refractivity contribution in [3.8, 4) is 11.1 Å². The molecule has 0 spiro atoms. The van der Waals surface area contributed by atoms with Crippen LogP contribution in [0.1, 0.15) is 55.9 Å². The normalized spacial score (nSPS) is 23.0. The lowest BCUT2D eigenvalue weighted by atomic mass is 9.75. The van der Waals surface area contributed by atoms with E-state index in [9.17, 15) is 0 Å². The number of rotatable bonds is 4. The minimum Gasteiger partial charge on any atom is -0.456 e. The molecule has 44 heavy (non-hydrogen) atoms. The van der Waals surface area contributed by atoms with Crippen LogP contribution in [0.25, 0.3) is 50.0 Å². The molecule has 4 aliphatic rings. The van der Waals surface area contributed by atoms with E-state index in [1.165, 1.54) is 55.0 Å². The van der Waals surface area contributed by atoms with Crippen molar-refractivity contribution >= 4 is 38.9 Å². The molecule has 216 valence electrons. The molecule has 2 aromatic heterocycles. The van der Waals surface area contributed by atoms with Gasteiger partial charge in [0.2, 0.25) is 0 Å². The maximum absolute atomic E-state index is 6.17. The third kappa shape index (κ3) is 4.31. The van der Waals surface area contributed by atoms with Gasteiger partial charge in [0.05, 0.1) is 0 Å². The molecule has 0 radical (unpaired) electrons. The lowest BCUT2D eigenvalue weighted by molar-refractivity contribution is 0.339. The van der Waals surface area contributed by atoms with Gasteiger partial charge in [0, 0.05) is 38.8 Å². The van der Waals surface area contributed by atoms with Crippen molar-refractivity contribution in [2.75, 3.05) is 0 Å². The zero-order valence-electron chi connectivity index (χ0n) is 25.1. The molecule has 3 aromatic carbocycles. The number of furan rings is 1. The standard InChI is InChI=1S/C42H37NO/c1-3-11-28(12-4-1)32-23-33(29-13-5-2-6-14-29)25-34(24-32)43-39-17-9-7-15-35(39)37-26-30(19-21-40(37)43)31-20-22-42-38(27-31)36-16-8-10-18-41(36)44-42/h1,3-5,7,9-11,13-15,17-23,26-28,32,34H,2,6,8,12,16,24-25H2. The third-order valence-corrected chi connectivity index (χ3v) is 10.4. The smallest absolute Gasteiger partial charge is 0.135 e. The van der Waals surface area contributed by atoms with Crippen LogP contribution < -0.4 is 0 Å². The number of hydrogen-bond acceptors (Lipinski definition) is 1. The highest BCUT2D eigenvalue weighted by atomic mass is 16.3. The molecule has 0 amide bonds. The summed E-state index contributed by atoms with van der Waals surface area (Å²) in [7, 11) is 0. The van der Waals surface area contributed by atoms with Crippen molar-refractivity contribution < 1.29 is 4.42 Å². The fourth-order valence-corrected chi connectivity index (χ4v) is 8.26. The first kappa shape index (κ1) is 25.9. The Morgan fingerprint density at radius 2 is 1.59 bits per heavy atom. The van der Waals surface area contributed by atoms with Crippen LogP contribution in [-0.2, 0) is 6.42 Å². The predicted molar refractivity (Wildman–Crippen MR) is 185 cm³/mol. The van der Waals surface area contributed by atoms with Crippen molar-refractivity contribution in [3.63, 3.8) is 0 Å². The van der Waals surface area contributed by atoms with E-state index in [0.29, 0.717) is 17.9 Å². The largest absolute Gasteiger partial charge is 0.456 e. The van der Waals surface area contributed by atoms with E-state index in [1.54, 1.807) is 0 Å². The number of para-hydroxylation sites is 1. The molecule has 0 saturated carbocycles. The van der Waals surface area contributed by atoms with E-state index in [0.717, 1.165) is 56.3 Å². The van der Waals surface area contributed by atoms with Gasteiger partial charge < -0.3 is 8.98 Å². The second-order valence-corrected chi connectivity index (χ2v) is 13.0. The monoisotopic (exact) mass is 571 g/mol. The highest BCUT2D eigenvalue weighted by Gasteiger charge is 2.31. The average Bonchev–Trinajstić information content (AvgIpc) is 3.64. The molecule has 2 nitrogen and oxygen atoms in total. The lowest BCUT2D eigenvalue weighted by Crippen LogP contribution is -2.24. The molecule has 2 heteroatoms. The first-order valence-electron chi connectivity index (χ1n) is 16.5. The Kier molecular flexibility index (Phi) is 6.21. The molecule has 0 saturated heterocycles. The van der Waals surface area contributed by atoms with Gasteiger partial charge in [-0.1, -0.05) is 85.0 Å². The summed E-state index contributed by atoms with van der Waals surface area (Å²) in [5.74, 6) is 2.12. The highest BCUT2D eigenvalue weighted by molar-refractivity contribution is 6.09. The van der Waals surface area contributed by atoms with Crippen molar-refractivity contribution in [1.82, 2.24) is 4.57 Å². The van der Waals surface area contributed by atoms with E-state index in [4.69, 9.17) is 4.42 Å². The number of hydrogen-bond donors (Lipinski definition) is 0. The Labute approximate surface area is 259 Å². The topological polar surface area (TPSA) is 18.1 Å². The van der Waals surface area contributed by atoms with Gasteiger partial charge in [-0.15, -0.1) is 0 Å². The molecule has 4 aliphatic carbocycles. The van der Waals surface area contributed by atoms with Gasteiger partial charge in [-0.2, -0.15) is 0 Å². The second kappa shape index (κ2) is 10.6. The van der Waals surface area contributed by atoms with Gasteiger partial charge in [0.25, 0.3) is 0 Å². The summed E-state index contributed by atoms with van der Waals surface area (Å²) in [6.45, 7) is 0. The summed E-state index contributed by atoms with van der Waals surface area (Å²) in [6.07, 6.45) is 31.2. The average molecular weight is 572 g/mol. The minimum atomic E-state index is 0.408. The maximum atomic E-state index is 6.17. The van der Waals surface area contributed by atoms with Gasteiger partial charge in [0.1, 0.15) is 11.3 Å². The molecule has 0 fully saturated rings. The summed E-state index contributed by atoms with van der Waals surface area (Å²) in [5, 5.41) is 3.95. The summed E-state index contributed by atoms with van der Waals surface area (Å²) in [6, 6.07) is 23.3. The Morgan fingerprint density at radius 1 is 0.727 bits per heavy atom. The van der Waals surface area contributed by atoms with Crippen molar-refractivity contribution in [3.05, 3.63) is 138 Å². The van der Waals surface area contributed by atoms with Crippen LogP contribution in [0.15, 0.2) is 131 Å². The molecule has 0 aliphatic heterocycles. The maximum Gasteiger partial charge on any atom is 0.135 e. The number of fused-ring (bicyclic) bond motifs is 6. The summed E-state index contributed by atoms with van der Waals surface area (Å²) in [4.78, 5) is 0. The molecule has 0 bridgehead atoms. The predicted octanol–water partition coefficient (Wildman–Crippen LogP) is 11.5. The molecule has 0 N–H and O–H groups in total. The number of benzene rings is 3. The number of aryl methyl sites for hydroxylation is 1. The van der Waals surface area contributed by atoms with Gasteiger partial charge in [-0.05, 0) is 115 Å². The molecule has 2 heterocycles. The van der Waals surface area contributed by atoms with Crippen molar-refractivity contribution in [1.29, 1.82) is 0 Å². The van der Waals surface area contributed by atoms with Gasteiger partial charge in [0.15, 0.2) is 0 Å². The van der Waals surface area contributed by atoms with Crippen LogP contribution in [0.3, 0.4) is 0 Å². The Hall–Kier alpha value is -4.56. The Morgan fingerprint density at radius 3 is 2.48 bits per heavy atom. The molecule has 9 rings (SSSR count). The van der Waals surface area contributed by atoms with Crippen LogP contribution in [0.4, 0.5) is 0 Å². The van der Waals surface area contributed by atoms with Crippen LogP contribution >= 0.6 is 0 Å². The summed E-state index contributed by atoms with van der Waals surface area (Å²) < 4.78 is 8.86. The molecule has 5 aromatic rings. The van der Waals surface area contributed by atoms with Crippen molar-refractivity contribution in [2.45, 2.75) is 51.0 Å². The highest BCUT2D eigenvalue weighted by Crippen LogP contribution is 2.45. The van der Waals surface area contributed by atoms with Gasteiger partial charge in [-0.25, -0.2) is 0 Å². The van der Waals surface area contributed by atoms with E-state index >= 15 is 0 Å². The zero-order valence-corrected chi connectivity index (χ0v) is 25.1.